The summed E-state index contributed by atoms with van der Waals surface area (Å²) in [5.41, 5.74) is 0. The molecule has 3 aliphatic rings. The molecule has 3 aliphatic carbocycles. The lowest BCUT2D eigenvalue weighted by Gasteiger charge is -2.51. The Kier molecular flexibility index (Phi) is 3.75. The third kappa shape index (κ3) is 2.64. The SMILES string of the molecule is CC(=O)/C=C/[C@@H]1C[C@H]2C[C@H](C(C)C)[C@H]1C[C@@H]2C. The van der Waals surface area contributed by atoms with E-state index in [0.717, 1.165) is 29.6 Å². The molecule has 0 aromatic carbocycles. The van der Waals surface area contributed by atoms with Crippen LogP contribution in [-0.2, 0) is 4.79 Å². The second-order valence-corrected chi connectivity index (χ2v) is 6.65. The van der Waals surface area contributed by atoms with Gasteiger partial charge in [0.25, 0.3) is 0 Å². The Morgan fingerprint density at radius 3 is 2.47 bits per heavy atom. The molecule has 3 saturated carbocycles. The summed E-state index contributed by atoms with van der Waals surface area (Å²) in [5, 5.41) is 0. The Morgan fingerprint density at radius 2 is 1.94 bits per heavy atom. The molecule has 2 bridgehead atoms. The van der Waals surface area contributed by atoms with Crippen molar-refractivity contribution in [1.29, 1.82) is 0 Å². The van der Waals surface area contributed by atoms with Gasteiger partial charge in [0.05, 0.1) is 0 Å². The summed E-state index contributed by atoms with van der Waals surface area (Å²) in [7, 11) is 0. The maximum atomic E-state index is 11.1. The van der Waals surface area contributed by atoms with Gasteiger partial charge in [-0.1, -0.05) is 26.8 Å². The van der Waals surface area contributed by atoms with Gasteiger partial charge in [0.15, 0.2) is 5.78 Å². The standard InChI is InChI=1S/C16H26O/c1-10(2)15-9-14-8-13(6-5-12(4)17)16(15)7-11(14)3/h5-6,10-11,13-16H,7-9H2,1-4H3/b6-5+/t11-,13+,14-,15+,16-/m0/s1. The third-order valence-corrected chi connectivity index (χ3v) is 5.13. The van der Waals surface area contributed by atoms with E-state index < -0.39 is 0 Å². The zero-order valence-corrected chi connectivity index (χ0v) is 11.6. The molecule has 0 radical (unpaired) electrons. The third-order valence-electron chi connectivity index (χ3n) is 5.13. The zero-order valence-electron chi connectivity index (χ0n) is 11.6. The maximum absolute atomic E-state index is 11.1. The van der Waals surface area contributed by atoms with E-state index in [4.69, 9.17) is 0 Å². The molecule has 0 saturated heterocycles. The molecule has 0 N–H and O–H groups in total. The Labute approximate surface area is 106 Å². The predicted molar refractivity (Wildman–Crippen MR) is 71.6 cm³/mol. The van der Waals surface area contributed by atoms with E-state index in [1.165, 1.54) is 19.3 Å². The average Bonchev–Trinajstić information content (AvgIpc) is 2.26. The van der Waals surface area contributed by atoms with E-state index in [1.54, 1.807) is 13.0 Å². The van der Waals surface area contributed by atoms with Gasteiger partial charge in [0, 0.05) is 0 Å². The molecule has 0 amide bonds. The molecule has 96 valence electrons. The van der Waals surface area contributed by atoms with Gasteiger partial charge >= 0.3 is 0 Å². The van der Waals surface area contributed by atoms with Crippen molar-refractivity contribution in [3.05, 3.63) is 12.2 Å². The molecule has 0 heterocycles. The van der Waals surface area contributed by atoms with Crippen molar-refractivity contribution in [1.82, 2.24) is 0 Å². The van der Waals surface area contributed by atoms with Crippen LogP contribution in [-0.4, -0.2) is 5.78 Å². The highest BCUT2D eigenvalue weighted by Gasteiger charge is 2.45. The lowest BCUT2D eigenvalue weighted by molar-refractivity contribution is -0.112. The van der Waals surface area contributed by atoms with Gasteiger partial charge in [-0.15, -0.1) is 0 Å². The summed E-state index contributed by atoms with van der Waals surface area (Å²) in [4.78, 5) is 11.1. The van der Waals surface area contributed by atoms with Crippen molar-refractivity contribution in [2.45, 2.75) is 47.0 Å². The van der Waals surface area contributed by atoms with Crippen molar-refractivity contribution in [2.24, 2.45) is 35.5 Å². The van der Waals surface area contributed by atoms with Crippen molar-refractivity contribution < 1.29 is 4.79 Å². The van der Waals surface area contributed by atoms with Gasteiger partial charge < -0.3 is 0 Å². The smallest absolute Gasteiger partial charge is 0.152 e. The first-order chi connectivity index (χ1) is 7.99. The van der Waals surface area contributed by atoms with Crippen molar-refractivity contribution in [3.63, 3.8) is 0 Å². The highest BCUT2D eigenvalue weighted by molar-refractivity contribution is 5.87. The molecule has 0 unspecified atom stereocenters. The van der Waals surface area contributed by atoms with Crippen LogP contribution in [0.15, 0.2) is 12.2 Å². The summed E-state index contributed by atoms with van der Waals surface area (Å²) < 4.78 is 0. The first-order valence-electron chi connectivity index (χ1n) is 7.17. The first-order valence-corrected chi connectivity index (χ1v) is 7.17. The molecular formula is C16H26O. The number of hydrogen-bond donors (Lipinski definition) is 0. The van der Waals surface area contributed by atoms with Crippen molar-refractivity contribution >= 4 is 5.78 Å². The molecule has 3 fully saturated rings. The second-order valence-electron chi connectivity index (χ2n) is 6.65. The highest BCUT2D eigenvalue weighted by atomic mass is 16.1. The monoisotopic (exact) mass is 234 g/mol. The number of ketones is 1. The Hall–Kier alpha value is -0.590. The lowest BCUT2D eigenvalue weighted by Crippen LogP contribution is -2.43. The van der Waals surface area contributed by atoms with Crippen molar-refractivity contribution in [3.8, 4) is 0 Å². The number of carbonyl (C=O) groups excluding carboxylic acids is 1. The van der Waals surface area contributed by atoms with Crippen LogP contribution in [0.3, 0.4) is 0 Å². The topological polar surface area (TPSA) is 17.1 Å². The Bertz CT molecular complexity index is 315. The molecular weight excluding hydrogens is 208 g/mol. The lowest BCUT2D eigenvalue weighted by atomic mass is 9.54. The molecule has 0 aromatic rings. The summed E-state index contributed by atoms with van der Waals surface area (Å²) in [6, 6.07) is 0. The van der Waals surface area contributed by atoms with Crippen LogP contribution in [0.1, 0.15) is 47.0 Å². The zero-order chi connectivity index (χ0) is 12.6. The van der Waals surface area contributed by atoms with Crippen molar-refractivity contribution in [2.75, 3.05) is 0 Å². The van der Waals surface area contributed by atoms with Gasteiger partial charge in [-0.2, -0.15) is 0 Å². The second kappa shape index (κ2) is 4.96. The van der Waals surface area contributed by atoms with Crippen LogP contribution >= 0.6 is 0 Å². The summed E-state index contributed by atoms with van der Waals surface area (Å²) >= 11 is 0. The largest absolute Gasteiger partial charge is 0.295 e. The van der Waals surface area contributed by atoms with E-state index in [-0.39, 0.29) is 5.78 Å². The minimum atomic E-state index is 0.195. The summed E-state index contributed by atoms with van der Waals surface area (Å²) in [6.45, 7) is 8.79. The molecule has 17 heavy (non-hydrogen) atoms. The Balaban J connectivity index is 2.12. The first kappa shape index (κ1) is 12.9. The van der Waals surface area contributed by atoms with Crippen LogP contribution in [0.25, 0.3) is 0 Å². The number of hydrogen-bond acceptors (Lipinski definition) is 1. The minimum absolute atomic E-state index is 0.195. The maximum Gasteiger partial charge on any atom is 0.152 e. The van der Waals surface area contributed by atoms with E-state index in [0.29, 0.717) is 5.92 Å². The van der Waals surface area contributed by atoms with Gasteiger partial charge in [0.1, 0.15) is 0 Å². The molecule has 0 aromatic heterocycles. The average molecular weight is 234 g/mol. The number of rotatable bonds is 3. The molecule has 1 heteroatoms. The van der Waals surface area contributed by atoms with E-state index in [2.05, 4.69) is 26.8 Å². The molecule has 0 spiro atoms. The van der Waals surface area contributed by atoms with Gasteiger partial charge in [-0.25, -0.2) is 0 Å². The van der Waals surface area contributed by atoms with E-state index in [1.807, 2.05) is 0 Å². The van der Waals surface area contributed by atoms with E-state index >= 15 is 0 Å². The minimum Gasteiger partial charge on any atom is -0.295 e. The quantitative estimate of drug-likeness (QED) is 0.672. The Morgan fingerprint density at radius 1 is 1.24 bits per heavy atom. The summed E-state index contributed by atoms with van der Waals surface area (Å²) in [5.74, 6) is 5.16. The fourth-order valence-electron chi connectivity index (χ4n) is 4.15. The molecule has 0 aliphatic heterocycles. The fourth-order valence-corrected chi connectivity index (χ4v) is 4.15. The van der Waals surface area contributed by atoms with Crippen LogP contribution in [0, 0.1) is 35.5 Å². The van der Waals surface area contributed by atoms with E-state index in [9.17, 15) is 4.79 Å². The van der Waals surface area contributed by atoms with Gasteiger partial charge in [0.2, 0.25) is 0 Å². The molecule has 5 atom stereocenters. The van der Waals surface area contributed by atoms with Crippen LogP contribution < -0.4 is 0 Å². The predicted octanol–water partition coefficient (Wildman–Crippen LogP) is 4.09. The van der Waals surface area contributed by atoms with Crippen LogP contribution in [0.5, 0.6) is 0 Å². The molecule has 3 rings (SSSR count). The fraction of sp³-hybridized carbons (Fsp3) is 0.812. The highest BCUT2D eigenvalue weighted by Crippen LogP contribution is 2.53. The van der Waals surface area contributed by atoms with Gasteiger partial charge in [-0.05, 0) is 67.8 Å². The normalized spacial score (nSPS) is 41.4. The van der Waals surface area contributed by atoms with Crippen LogP contribution in [0.4, 0.5) is 0 Å². The summed E-state index contributed by atoms with van der Waals surface area (Å²) in [6.07, 6.45) is 8.13. The molecule has 1 nitrogen and oxygen atoms in total. The number of carbonyl (C=O) groups is 1. The van der Waals surface area contributed by atoms with Crippen LogP contribution in [0.2, 0.25) is 0 Å². The number of fused-ring (bicyclic) bond motifs is 3. The van der Waals surface area contributed by atoms with Gasteiger partial charge in [-0.3, -0.25) is 4.79 Å². The number of allylic oxidation sites excluding steroid dienone is 2.